The molecular weight excluding hydrogens is 461 g/mol. The van der Waals surface area contributed by atoms with Crippen molar-refractivity contribution in [3.63, 3.8) is 0 Å². The molecule has 0 aliphatic carbocycles. The summed E-state index contributed by atoms with van der Waals surface area (Å²) in [5.41, 5.74) is 0.992. The Hall–Kier alpha value is -2.75. The molecule has 162 valence electrons. The number of carbonyl (C=O) groups excluding carboxylic acids is 2. The van der Waals surface area contributed by atoms with Crippen LogP contribution in [-0.2, 0) is 18.4 Å². The summed E-state index contributed by atoms with van der Waals surface area (Å²) in [6, 6.07) is 11.7. The number of nitrogens with one attached hydrogen (secondary N) is 2. The highest BCUT2D eigenvalue weighted by Crippen LogP contribution is 2.21. The predicted molar refractivity (Wildman–Crippen MR) is 121 cm³/mol. The average Bonchev–Trinajstić information content (AvgIpc) is 3.10. The number of hydrogen-bond donors (Lipinski definition) is 2. The molecule has 0 aliphatic rings. The van der Waals surface area contributed by atoms with E-state index >= 15 is 0 Å². The van der Waals surface area contributed by atoms with Crippen molar-refractivity contribution >= 4 is 52.5 Å². The second-order valence-corrected chi connectivity index (χ2v) is 8.12. The van der Waals surface area contributed by atoms with Crippen LogP contribution in [0.25, 0.3) is 0 Å². The lowest BCUT2D eigenvalue weighted by atomic mass is 10.2. The number of halogens is 2. The lowest BCUT2D eigenvalue weighted by Gasteiger charge is -2.08. The van der Waals surface area contributed by atoms with Crippen molar-refractivity contribution in [1.29, 1.82) is 0 Å². The zero-order valence-electron chi connectivity index (χ0n) is 16.7. The van der Waals surface area contributed by atoms with Crippen molar-refractivity contribution in [2.24, 2.45) is 7.05 Å². The number of carbonyl (C=O) groups is 2. The van der Waals surface area contributed by atoms with Gasteiger partial charge in [-0.3, -0.25) is 9.59 Å². The summed E-state index contributed by atoms with van der Waals surface area (Å²) >= 11 is 13.2. The fourth-order valence-electron chi connectivity index (χ4n) is 2.55. The number of hydrogen-bond acceptors (Lipinski definition) is 6. The Labute approximate surface area is 193 Å². The van der Waals surface area contributed by atoms with Crippen LogP contribution in [0.2, 0.25) is 10.0 Å². The van der Waals surface area contributed by atoms with Crippen molar-refractivity contribution in [1.82, 2.24) is 20.1 Å². The maximum Gasteiger partial charge on any atom is 0.253 e. The molecule has 1 aromatic heterocycles. The van der Waals surface area contributed by atoms with E-state index in [1.807, 2.05) is 0 Å². The van der Waals surface area contributed by atoms with E-state index in [1.54, 1.807) is 55.1 Å². The van der Waals surface area contributed by atoms with Crippen molar-refractivity contribution in [3.8, 4) is 5.75 Å². The number of thioether (sulfide) groups is 1. The van der Waals surface area contributed by atoms with E-state index in [-0.39, 0.29) is 29.1 Å². The summed E-state index contributed by atoms with van der Waals surface area (Å²) in [6.07, 6.45) is 0. The molecule has 2 N–H and O–H groups in total. The molecule has 0 aliphatic heterocycles. The van der Waals surface area contributed by atoms with Crippen molar-refractivity contribution in [3.05, 3.63) is 63.9 Å². The molecule has 1 heterocycles. The van der Waals surface area contributed by atoms with Crippen molar-refractivity contribution < 1.29 is 14.3 Å². The number of aromatic nitrogens is 3. The highest BCUT2D eigenvalue weighted by Gasteiger charge is 2.15. The average molecular weight is 480 g/mol. The van der Waals surface area contributed by atoms with Gasteiger partial charge < -0.3 is 19.9 Å². The molecule has 2 amide bonds. The fraction of sp³-hybridized carbons (Fsp3) is 0.200. The second-order valence-electron chi connectivity index (χ2n) is 6.33. The van der Waals surface area contributed by atoms with Crippen LogP contribution in [0.5, 0.6) is 5.75 Å². The van der Waals surface area contributed by atoms with E-state index < -0.39 is 0 Å². The highest BCUT2D eigenvalue weighted by molar-refractivity contribution is 7.99. The number of anilines is 1. The molecule has 0 spiro atoms. The number of benzene rings is 2. The Morgan fingerprint density at radius 2 is 1.87 bits per heavy atom. The van der Waals surface area contributed by atoms with Crippen LogP contribution < -0.4 is 15.4 Å². The molecule has 0 radical (unpaired) electrons. The minimum Gasteiger partial charge on any atom is -0.497 e. The molecule has 0 fully saturated rings. The lowest BCUT2D eigenvalue weighted by molar-refractivity contribution is -0.113. The molecule has 3 aromatic rings. The van der Waals surface area contributed by atoms with Crippen LogP contribution in [0.15, 0.2) is 47.6 Å². The van der Waals surface area contributed by atoms with Crippen LogP contribution >= 0.6 is 35.0 Å². The summed E-state index contributed by atoms with van der Waals surface area (Å²) in [5, 5.41) is 15.0. The number of amides is 2. The third-order valence-electron chi connectivity index (χ3n) is 4.21. The van der Waals surface area contributed by atoms with E-state index in [0.717, 1.165) is 0 Å². The van der Waals surface area contributed by atoms with Gasteiger partial charge in [-0.05, 0) is 42.5 Å². The summed E-state index contributed by atoms with van der Waals surface area (Å²) < 4.78 is 6.81. The van der Waals surface area contributed by atoms with Crippen LogP contribution in [0.3, 0.4) is 0 Å². The second kappa shape index (κ2) is 10.5. The van der Waals surface area contributed by atoms with Gasteiger partial charge in [0.05, 0.1) is 30.0 Å². The number of nitrogens with zero attached hydrogens (tertiary/aromatic N) is 3. The van der Waals surface area contributed by atoms with Gasteiger partial charge in [0.15, 0.2) is 11.0 Å². The van der Waals surface area contributed by atoms with Gasteiger partial charge in [-0.2, -0.15) is 0 Å². The van der Waals surface area contributed by atoms with Crippen LogP contribution in [0.4, 0.5) is 5.69 Å². The van der Waals surface area contributed by atoms with Gasteiger partial charge in [-0.25, -0.2) is 0 Å². The summed E-state index contributed by atoms with van der Waals surface area (Å²) in [5.74, 6) is 0.883. The van der Waals surface area contributed by atoms with Crippen LogP contribution in [-0.4, -0.2) is 39.4 Å². The fourth-order valence-corrected chi connectivity index (χ4v) is 3.78. The number of ether oxygens (including phenoxy) is 1. The van der Waals surface area contributed by atoms with E-state index in [9.17, 15) is 9.59 Å². The Kier molecular flexibility index (Phi) is 7.78. The van der Waals surface area contributed by atoms with Crippen LogP contribution in [0, 0.1) is 0 Å². The third kappa shape index (κ3) is 6.13. The van der Waals surface area contributed by atoms with Gasteiger partial charge in [0, 0.05) is 17.8 Å². The topological polar surface area (TPSA) is 98.1 Å². The Morgan fingerprint density at radius 1 is 1.13 bits per heavy atom. The zero-order chi connectivity index (χ0) is 22.4. The zero-order valence-corrected chi connectivity index (χ0v) is 19.0. The van der Waals surface area contributed by atoms with Crippen molar-refractivity contribution in [2.45, 2.75) is 11.7 Å². The molecule has 0 saturated heterocycles. The van der Waals surface area contributed by atoms with Crippen LogP contribution in [0.1, 0.15) is 16.2 Å². The molecular formula is C20H19Cl2N5O3S. The largest absolute Gasteiger partial charge is 0.497 e. The Morgan fingerprint density at radius 3 is 2.55 bits per heavy atom. The highest BCUT2D eigenvalue weighted by atomic mass is 35.5. The first-order valence-electron chi connectivity index (χ1n) is 9.05. The first-order valence-corrected chi connectivity index (χ1v) is 10.8. The smallest absolute Gasteiger partial charge is 0.253 e. The molecule has 0 bridgehead atoms. The summed E-state index contributed by atoms with van der Waals surface area (Å²) in [4.78, 5) is 24.5. The predicted octanol–water partition coefficient (Wildman–Crippen LogP) is 3.79. The molecule has 3 rings (SSSR count). The maximum absolute atomic E-state index is 12.3. The number of rotatable bonds is 8. The van der Waals surface area contributed by atoms with E-state index in [2.05, 4.69) is 20.8 Å². The quantitative estimate of drug-likeness (QED) is 0.476. The normalized spacial score (nSPS) is 10.6. The van der Waals surface area contributed by atoms with Gasteiger partial charge in [-0.15, -0.1) is 10.2 Å². The van der Waals surface area contributed by atoms with Gasteiger partial charge in [0.1, 0.15) is 5.75 Å². The van der Waals surface area contributed by atoms with Crippen molar-refractivity contribution in [2.75, 3.05) is 18.2 Å². The van der Waals surface area contributed by atoms with E-state index in [0.29, 0.717) is 33.0 Å². The molecule has 11 heteroatoms. The molecule has 8 nitrogen and oxygen atoms in total. The Bertz CT molecular complexity index is 1090. The molecule has 0 unspecified atom stereocenters. The monoisotopic (exact) mass is 479 g/mol. The number of methoxy groups -OCH3 is 1. The SMILES string of the molecule is COc1ccc(NC(=O)CSc2nnc(CNC(=O)c3ccc(Cl)cc3Cl)n2C)cc1. The van der Waals surface area contributed by atoms with Gasteiger partial charge in [0.25, 0.3) is 5.91 Å². The molecule has 0 saturated carbocycles. The standard InChI is InChI=1S/C20H19Cl2N5O3S/c1-27-17(10-23-19(29)15-8-3-12(21)9-16(15)22)25-26-20(27)31-11-18(28)24-13-4-6-14(30-2)7-5-13/h3-9H,10-11H2,1-2H3,(H,23,29)(H,24,28). The summed E-state index contributed by atoms with van der Waals surface area (Å²) in [6.45, 7) is 0.153. The van der Waals surface area contributed by atoms with E-state index in [4.69, 9.17) is 27.9 Å². The minimum absolute atomic E-state index is 0.153. The van der Waals surface area contributed by atoms with Gasteiger partial charge >= 0.3 is 0 Å². The summed E-state index contributed by atoms with van der Waals surface area (Å²) in [7, 11) is 3.35. The van der Waals surface area contributed by atoms with Gasteiger partial charge in [-0.1, -0.05) is 35.0 Å². The van der Waals surface area contributed by atoms with Gasteiger partial charge in [0.2, 0.25) is 5.91 Å². The Balaban J connectivity index is 1.52. The molecule has 2 aromatic carbocycles. The van der Waals surface area contributed by atoms with E-state index in [1.165, 1.54) is 17.8 Å². The molecule has 31 heavy (non-hydrogen) atoms. The first kappa shape index (κ1) is 22.9. The molecule has 0 atom stereocenters. The first-order chi connectivity index (χ1) is 14.9. The minimum atomic E-state index is -0.349. The maximum atomic E-state index is 12.3. The lowest BCUT2D eigenvalue weighted by Crippen LogP contribution is -2.24. The third-order valence-corrected chi connectivity index (χ3v) is 5.78.